The van der Waals surface area contributed by atoms with Crippen LogP contribution >= 0.6 is 0 Å². The van der Waals surface area contributed by atoms with Gasteiger partial charge in [-0.25, -0.2) is 4.79 Å². The third kappa shape index (κ3) is 2.09. The number of carbonyl (C=O) groups excluding carboxylic acids is 1. The Morgan fingerprint density at radius 2 is 2.20 bits per heavy atom. The van der Waals surface area contributed by atoms with Gasteiger partial charge in [-0.2, -0.15) is 0 Å². The zero-order valence-electron chi connectivity index (χ0n) is 9.56. The normalized spacial score (nSPS) is 33.9. The van der Waals surface area contributed by atoms with Crippen LogP contribution < -0.4 is 0 Å². The number of hydrogen-bond acceptors (Lipinski definition) is 3. The zero-order valence-corrected chi connectivity index (χ0v) is 9.56. The van der Waals surface area contributed by atoms with Crippen LogP contribution in [-0.2, 0) is 4.74 Å². The fourth-order valence-electron chi connectivity index (χ4n) is 2.34. The second-order valence-electron chi connectivity index (χ2n) is 5.54. The third-order valence-corrected chi connectivity index (χ3v) is 3.12. The topological polar surface area (TPSA) is 49.8 Å². The van der Waals surface area contributed by atoms with Crippen molar-refractivity contribution in [2.24, 2.45) is 11.8 Å². The van der Waals surface area contributed by atoms with Crippen molar-refractivity contribution in [2.45, 2.75) is 38.8 Å². The first-order valence-electron chi connectivity index (χ1n) is 5.53. The number of hydrogen-bond donors (Lipinski definition) is 1. The quantitative estimate of drug-likeness (QED) is 0.712. The standard InChI is InChI=1S/C11H19NO3/c1-11(2,3)15-10(14)12-5-7-4-8(7)9(12)6-13/h7-9,13H,4-6H2,1-3H3/t7-,8+,9-/m0/s1. The van der Waals surface area contributed by atoms with E-state index in [4.69, 9.17) is 4.74 Å². The highest BCUT2D eigenvalue weighted by molar-refractivity contribution is 5.69. The van der Waals surface area contributed by atoms with E-state index >= 15 is 0 Å². The largest absolute Gasteiger partial charge is 0.444 e. The Morgan fingerprint density at radius 1 is 1.53 bits per heavy atom. The summed E-state index contributed by atoms with van der Waals surface area (Å²) in [6, 6.07) is -0.00940. The molecule has 0 bridgehead atoms. The van der Waals surface area contributed by atoms with Crippen molar-refractivity contribution in [1.29, 1.82) is 0 Å². The van der Waals surface area contributed by atoms with Gasteiger partial charge in [-0.05, 0) is 39.0 Å². The molecule has 4 nitrogen and oxygen atoms in total. The molecule has 0 spiro atoms. The lowest BCUT2D eigenvalue weighted by Crippen LogP contribution is -2.43. The monoisotopic (exact) mass is 213 g/mol. The van der Waals surface area contributed by atoms with Gasteiger partial charge >= 0.3 is 6.09 Å². The summed E-state index contributed by atoms with van der Waals surface area (Å²) in [5.74, 6) is 1.12. The molecule has 3 atom stereocenters. The van der Waals surface area contributed by atoms with Gasteiger partial charge in [0, 0.05) is 6.54 Å². The summed E-state index contributed by atoms with van der Waals surface area (Å²) in [6.45, 7) is 6.38. The van der Waals surface area contributed by atoms with E-state index in [1.807, 2.05) is 20.8 Å². The molecule has 0 unspecified atom stereocenters. The molecule has 0 aromatic carbocycles. The van der Waals surface area contributed by atoms with Crippen LogP contribution in [-0.4, -0.2) is 40.9 Å². The molecule has 2 rings (SSSR count). The minimum atomic E-state index is -0.454. The van der Waals surface area contributed by atoms with Gasteiger partial charge < -0.3 is 14.7 Å². The van der Waals surface area contributed by atoms with E-state index in [0.717, 1.165) is 13.0 Å². The highest BCUT2D eigenvalue weighted by atomic mass is 16.6. The van der Waals surface area contributed by atoms with Crippen LogP contribution in [0.2, 0.25) is 0 Å². The molecule has 1 N–H and O–H groups in total. The zero-order chi connectivity index (χ0) is 11.2. The predicted molar refractivity (Wildman–Crippen MR) is 55.4 cm³/mol. The molecule has 4 heteroatoms. The Morgan fingerprint density at radius 3 is 2.73 bits per heavy atom. The Bertz CT molecular complexity index is 271. The Kier molecular flexibility index (Phi) is 2.41. The van der Waals surface area contributed by atoms with Crippen molar-refractivity contribution in [1.82, 2.24) is 4.90 Å². The van der Waals surface area contributed by atoms with Crippen molar-refractivity contribution in [3.63, 3.8) is 0 Å². The van der Waals surface area contributed by atoms with E-state index in [0.29, 0.717) is 11.8 Å². The number of nitrogens with zero attached hydrogens (tertiary/aromatic N) is 1. The third-order valence-electron chi connectivity index (χ3n) is 3.12. The van der Waals surface area contributed by atoms with Crippen LogP contribution in [0, 0.1) is 11.8 Å². The van der Waals surface area contributed by atoms with Crippen LogP contribution in [0.15, 0.2) is 0 Å². The summed E-state index contributed by atoms with van der Waals surface area (Å²) >= 11 is 0. The van der Waals surface area contributed by atoms with Gasteiger partial charge in [0.15, 0.2) is 0 Å². The predicted octanol–water partition coefficient (Wildman–Crippen LogP) is 1.23. The van der Waals surface area contributed by atoms with Crippen molar-refractivity contribution in [2.75, 3.05) is 13.2 Å². The average molecular weight is 213 g/mol. The molecular weight excluding hydrogens is 194 g/mol. The molecule has 0 aromatic heterocycles. The number of aliphatic hydroxyl groups is 1. The van der Waals surface area contributed by atoms with Crippen LogP contribution in [0.5, 0.6) is 0 Å². The fraction of sp³-hybridized carbons (Fsp3) is 0.909. The molecule has 86 valence electrons. The van der Waals surface area contributed by atoms with Gasteiger partial charge in [-0.1, -0.05) is 0 Å². The van der Waals surface area contributed by atoms with Crippen LogP contribution in [0.3, 0.4) is 0 Å². The summed E-state index contributed by atoms with van der Waals surface area (Å²) in [5.41, 5.74) is -0.454. The van der Waals surface area contributed by atoms with Gasteiger partial charge in [0.05, 0.1) is 12.6 Å². The molecule has 0 radical (unpaired) electrons. The van der Waals surface area contributed by atoms with Gasteiger partial charge in [-0.3, -0.25) is 0 Å². The van der Waals surface area contributed by atoms with E-state index in [9.17, 15) is 9.90 Å². The van der Waals surface area contributed by atoms with Crippen LogP contribution in [0.1, 0.15) is 27.2 Å². The molecule has 1 amide bonds. The highest BCUT2D eigenvalue weighted by Gasteiger charge is 2.54. The second-order valence-corrected chi connectivity index (χ2v) is 5.54. The average Bonchev–Trinajstić information content (AvgIpc) is 2.75. The number of carbonyl (C=O) groups is 1. The molecule has 0 aromatic rings. The maximum atomic E-state index is 11.8. The molecule has 1 heterocycles. The molecule has 2 fully saturated rings. The Hall–Kier alpha value is -0.770. The fourth-order valence-corrected chi connectivity index (χ4v) is 2.34. The SMILES string of the molecule is CC(C)(C)OC(=O)N1C[C@@H]2C[C@H]2[C@@H]1CO. The first-order chi connectivity index (χ1) is 6.92. The number of amides is 1. The number of aliphatic hydroxyl groups excluding tert-OH is 1. The van der Waals surface area contributed by atoms with Crippen molar-refractivity contribution in [3.8, 4) is 0 Å². The number of ether oxygens (including phenoxy) is 1. The molecule has 1 aliphatic heterocycles. The summed E-state index contributed by atoms with van der Waals surface area (Å²) in [4.78, 5) is 13.5. The molecule has 1 saturated heterocycles. The molecular formula is C11H19NO3. The number of piperidine rings is 1. The van der Waals surface area contributed by atoms with E-state index in [-0.39, 0.29) is 18.7 Å². The lowest BCUT2D eigenvalue weighted by molar-refractivity contribution is 0.0133. The van der Waals surface area contributed by atoms with Crippen LogP contribution in [0.25, 0.3) is 0 Å². The van der Waals surface area contributed by atoms with E-state index in [2.05, 4.69) is 0 Å². The number of likely N-dealkylation sites (tertiary alicyclic amines) is 1. The summed E-state index contributed by atoms with van der Waals surface area (Å²) in [7, 11) is 0. The van der Waals surface area contributed by atoms with E-state index in [1.165, 1.54) is 0 Å². The maximum absolute atomic E-state index is 11.8. The minimum Gasteiger partial charge on any atom is -0.444 e. The van der Waals surface area contributed by atoms with Gasteiger partial charge in [0.25, 0.3) is 0 Å². The maximum Gasteiger partial charge on any atom is 0.410 e. The van der Waals surface area contributed by atoms with E-state index in [1.54, 1.807) is 4.90 Å². The molecule has 15 heavy (non-hydrogen) atoms. The van der Waals surface area contributed by atoms with Gasteiger partial charge in [0.1, 0.15) is 5.60 Å². The molecule has 1 saturated carbocycles. The Labute approximate surface area is 90.2 Å². The summed E-state index contributed by atoms with van der Waals surface area (Å²) in [6.07, 6.45) is 0.874. The first-order valence-corrected chi connectivity index (χ1v) is 5.53. The van der Waals surface area contributed by atoms with Gasteiger partial charge in [-0.15, -0.1) is 0 Å². The summed E-state index contributed by atoms with van der Waals surface area (Å²) < 4.78 is 5.30. The van der Waals surface area contributed by atoms with Crippen molar-refractivity contribution >= 4 is 6.09 Å². The van der Waals surface area contributed by atoms with Crippen LogP contribution in [0.4, 0.5) is 4.79 Å². The second kappa shape index (κ2) is 3.37. The minimum absolute atomic E-state index is 0.00940. The van der Waals surface area contributed by atoms with Crippen molar-refractivity contribution in [3.05, 3.63) is 0 Å². The molecule has 1 aliphatic carbocycles. The lowest BCUT2D eigenvalue weighted by Gasteiger charge is -2.29. The van der Waals surface area contributed by atoms with Gasteiger partial charge in [0.2, 0.25) is 0 Å². The molecule has 2 aliphatic rings. The lowest BCUT2D eigenvalue weighted by atomic mass is 10.2. The number of rotatable bonds is 1. The Balaban J connectivity index is 1.96. The van der Waals surface area contributed by atoms with Crippen molar-refractivity contribution < 1.29 is 14.6 Å². The highest BCUT2D eigenvalue weighted by Crippen LogP contribution is 2.49. The number of fused-ring (bicyclic) bond motifs is 1. The first kappa shape index (κ1) is 10.7. The smallest absolute Gasteiger partial charge is 0.410 e. The van der Waals surface area contributed by atoms with E-state index < -0.39 is 5.60 Å². The summed E-state index contributed by atoms with van der Waals surface area (Å²) in [5, 5.41) is 9.23.